The number of anilines is 1. The van der Waals surface area contributed by atoms with E-state index in [4.69, 9.17) is 0 Å². The molecule has 2 aromatic heterocycles. The minimum atomic E-state index is -0.0511. The highest BCUT2D eigenvalue weighted by Gasteiger charge is 2.07. The Balaban J connectivity index is 1.36. The average molecular weight is 384 g/mol. The third-order valence-corrected chi connectivity index (χ3v) is 4.33. The molecule has 0 atom stereocenters. The van der Waals surface area contributed by atoms with Crippen LogP contribution in [0.4, 0.5) is 5.95 Å². The fourth-order valence-corrected chi connectivity index (χ4v) is 2.84. The lowest BCUT2D eigenvalue weighted by molar-refractivity contribution is -0.118. The van der Waals surface area contributed by atoms with E-state index in [2.05, 4.69) is 36.1 Å². The van der Waals surface area contributed by atoms with E-state index in [1.165, 1.54) is 17.3 Å². The van der Waals surface area contributed by atoms with Crippen LogP contribution < -0.4 is 10.7 Å². The molecule has 1 amide bonds. The summed E-state index contributed by atoms with van der Waals surface area (Å²) >= 11 is 1.26. The first kappa shape index (κ1) is 18.6. The summed E-state index contributed by atoms with van der Waals surface area (Å²) in [6.45, 7) is 0.604. The number of benzene rings is 1. The molecule has 3 rings (SSSR count). The van der Waals surface area contributed by atoms with Crippen LogP contribution in [0.15, 0.2) is 53.0 Å². The first-order valence-corrected chi connectivity index (χ1v) is 9.31. The van der Waals surface area contributed by atoms with Crippen molar-refractivity contribution >= 4 is 29.8 Å². The zero-order chi connectivity index (χ0) is 18.9. The third kappa shape index (κ3) is 6.26. The molecule has 10 heteroatoms. The summed E-state index contributed by atoms with van der Waals surface area (Å²) in [5, 5.41) is 18.2. The summed E-state index contributed by atoms with van der Waals surface area (Å²) in [5.41, 5.74) is 4.82. The predicted octanol–water partition coefficient (Wildman–Crippen LogP) is 1.44. The van der Waals surface area contributed by atoms with Gasteiger partial charge in [-0.25, -0.2) is 10.5 Å². The van der Waals surface area contributed by atoms with Gasteiger partial charge in [0.2, 0.25) is 17.0 Å². The Morgan fingerprint density at radius 2 is 2.22 bits per heavy atom. The van der Waals surface area contributed by atoms with Gasteiger partial charge in [-0.15, -0.1) is 5.10 Å². The highest BCUT2D eigenvalue weighted by molar-refractivity contribution is 7.99. The van der Waals surface area contributed by atoms with Crippen molar-refractivity contribution < 1.29 is 4.79 Å². The molecule has 140 valence electrons. The molecule has 2 heterocycles. The number of rotatable bonds is 9. The molecule has 0 aliphatic carbocycles. The number of H-pyrrole nitrogens is 1. The van der Waals surface area contributed by atoms with Crippen molar-refractivity contribution in [2.45, 2.75) is 11.6 Å². The number of nitrogens with one attached hydrogen (secondary N) is 3. The van der Waals surface area contributed by atoms with Gasteiger partial charge < -0.3 is 5.32 Å². The summed E-state index contributed by atoms with van der Waals surface area (Å²) in [7, 11) is 1.84. The Morgan fingerprint density at radius 3 is 3.00 bits per heavy atom. The summed E-state index contributed by atoms with van der Waals surface area (Å²) in [6.07, 6.45) is 5.97. The summed E-state index contributed by atoms with van der Waals surface area (Å²) in [6, 6.07) is 10.0. The Kier molecular flexibility index (Phi) is 6.58. The zero-order valence-electron chi connectivity index (χ0n) is 14.8. The molecule has 9 nitrogen and oxygen atoms in total. The average Bonchev–Trinajstić information content (AvgIpc) is 3.30. The maximum atomic E-state index is 11.9. The lowest BCUT2D eigenvalue weighted by atomic mass is 10.1. The number of aromatic amines is 1. The van der Waals surface area contributed by atoms with Gasteiger partial charge in [-0.1, -0.05) is 42.1 Å². The maximum absolute atomic E-state index is 11.9. The van der Waals surface area contributed by atoms with E-state index in [1.54, 1.807) is 17.1 Å². The third-order valence-electron chi connectivity index (χ3n) is 3.48. The molecular formula is C17H20N8OS. The Labute approximate surface area is 160 Å². The van der Waals surface area contributed by atoms with Gasteiger partial charge >= 0.3 is 0 Å². The molecule has 0 saturated carbocycles. The topological polar surface area (TPSA) is 113 Å². The van der Waals surface area contributed by atoms with Crippen molar-refractivity contribution in [3.8, 4) is 0 Å². The van der Waals surface area contributed by atoms with Crippen LogP contribution in [-0.2, 0) is 18.3 Å². The SMILES string of the molecule is Cn1cc(/C=N/Nc2nc(SCC(=O)NCCc3ccccc3)n[nH]2)cn1. The molecule has 1 aromatic carbocycles. The molecular weight excluding hydrogens is 364 g/mol. The second-order valence-electron chi connectivity index (χ2n) is 5.66. The summed E-state index contributed by atoms with van der Waals surface area (Å²) in [5.74, 6) is 0.609. The monoisotopic (exact) mass is 384 g/mol. The van der Waals surface area contributed by atoms with Crippen molar-refractivity contribution in [1.29, 1.82) is 0 Å². The van der Waals surface area contributed by atoms with Crippen LogP contribution in [-0.4, -0.2) is 49.4 Å². The van der Waals surface area contributed by atoms with E-state index in [-0.39, 0.29) is 11.7 Å². The van der Waals surface area contributed by atoms with E-state index in [0.717, 1.165) is 12.0 Å². The molecule has 0 unspecified atom stereocenters. The van der Waals surface area contributed by atoms with Gasteiger partial charge in [0.05, 0.1) is 18.2 Å². The Morgan fingerprint density at radius 1 is 1.37 bits per heavy atom. The van der Waals surface area contributed by atoms with Gasteiger partial charge in [0, 0.05) is 25.4 Å². The summed E-state index contributed by atoms with van der Waals surface area (Å²) < 4.78 is 1.69. The highest BCUT2D eigenvalue weighted by Crippen LogP contribution is 2.13. The fraction of sp³-hybridized carbons (Fsp3) is 0.235. The van der Waals surface area contributed by atoms with Gasteiger partial charge in [0.15, 0.2) is 0 Å². The Bertz CT molecular complexity index is 889. The number of nitrogens with zero attached hydrogens (tertiary/aromatic N) is 5. The number of carbonyl (C=O) groups excluding carboxylic acids is 1. The van der Waals surface area contributed by atoms with E-state index in [9.17, 15) is 4.79 Å². The van der Waals surface area contributed by atoms with Crippen molar-refractivity contribution in [3.63, 3.8) is 0 Å². The van der Waals surface area contributed by atoms with Crippen LogP contribution in [0, 0.1) is 0 Å². The van der Waals surface area contributed by atoms with Gasteiger partial charge in [-0.2, -0.15) is 15.2 Å². The number of aromatic nitrogens is 5. The minimum Gasteiger partial charge on any atom is -0.355 e. The zero-order valence-corrected chi connectivity index (χ0v) is 15.6. The molecule has 3 N–H and O–H groups in total. The number of hydrogen-bond acceptors (Lipinski definition) is 7. The number of amides is 1. The van der Waals surface area contributed by atoms with E-state index >= 15 is 0 Å². The van der Waals surface area contributed by atoms with Gasteiger partial charge in [0.1, 0.15) is 0 Å². The van der Waals surface area contributed by atoms with E-state index in [0.29, 0.717) is 17.6 Å². The lowest BCUT2D eigenvalue weighted by Gasteiger charge is -2.04. The van der Waals surface area contributed by atoms with E-state index in [1.807, 2.05) is 43.6 Å². The molecule has 0 aliphatic heterocycles. The predicted molar refractivity (Wildman–Crippen MR) is 105 cm³/mol. The van der Waals surface area contributed by atoms with Crippen LogP contribution >= 0.6 is 11.8 Å². The first-order valence-electron chi connectivity index (χ1n) is 8.32. The largest absolute Gasteiger partial charge is 0.355 e. The summed E-state index contributed by atoms with van der Waals surface area (Å²) in [4.78, 5) is 16.1. The minimum absolute atomic E-state index is 0.0511. The number of thioether (sulfide) groups is 1. The van der Waals surface area contributed by atoms with Crippen LogP contribution in [0.25, 0.3) is 0 Å². The number of carbonyl (C=O) groups is 1. The molecule has 27 heavy (non-hydrogen) atoms. The van der Waals surface area contributed by atoms with Crippen LogP contribution in [0.3, 0.4) is 0 Å². The smallest absolute Gasteiger partial charge is 0.240 e. The van der Waals surface area contributed by atoms with Crippen molar-refractivity contribution in [2.24, 2.45) is 12.1 Å². The van der Waals surface area contributed by atoms with Crippen LogP contribution in [0.2, 0.25) is 0 Å². The standard InChI is InChI=1S/C17H20N8OS/c1-25-11-14(10-20-25)9-19-22-16-21-17(24-23-16)27-12-15(26)18-8-7-13-5-3-2-4-6-13/h2-6,9-11H,7-8,12H2,1H3,(H,18,26)(H2,21,22,23,24)/b19-9+. The molecule has 0 saturated heterocycles. The second-order valence-corrected chi connectivity index (χ2v) is 6.60. The molecule has 0 spiro atoms. The maximum Gasteiger partial charge on any atom is 0.240 e. The van der Waals surface area contributed by atoms with Gasteiger partial charge in [0.25, 0.3) is 0 Å². The quantitative estimate of drug-likeness (QED) is 0.292. The van der Waals surface area contributed by atoms with Crippen LogP contribution in [0.5, 0.6) is 0 Å². The molecule has 3 aromatic rings. The van der Waals surface area contributed by atoms with E-state index < -0.39 is 0 Å². The van der Waals surface area contributed by atoms with Crippen LogP contribution in [0.1, 0.15) is 11.1 Å². The van der Waals surface area contributed by atoms with Crippen molar-refractivity contribution in [3.05, 3.63) is 53.9 Å². The van der Waals surface area contributed by atoms with Crippen molar-refractivity contribution in [1.82, 2.24) is 30.3 Å². The van der Waals surface area contributed by atoms with Gasteiger partial charge in [-0.3, -0.25) is 9.48 Å². The Hall–Kier alpha value is -3.14. The molecule has 0 aliphatic rings. The number of aryl methyl sites for hydroxylation is 1. The lowest BCUT2D eigenvalue weighted by Crippen LogP contribution is -2.27. The highest BCUT2D eigenvalue weighted by atomic mass is 32.2. The first-order chi connectivity index (χ1) is 13.2. The number of hydrazone groups is 1. The fourth-order valence-electron chi connectivity index (χ4n) is 2.21. The van der Waals surface area contributed by atoms with Crippen molar-refractivity contribution in [2.75, 3.05) is 17.7 Å². The second kappa shape index (κ2) is 9.53. The molecule has 0 fully saturated rings. The molecule has 0 bridgehead atoms. The normalized spacial score (nSPS) is 11.0. The molecule has 0 radical (unpaired) electrons. The number of hydrogen-bond donors (Lipinski definition) is 3. The van der Waals surface area contributed by atoms with Gasteiger partial charge in [-0.05, 0) is 12.0 Å².